The Morgan fingerprint density at radius 2 is 1.94 bits per heavy atom. The SMILES string of the molecule is COC(=O)CCN1C(=O)c2ccc(N)cc2C1=O. The third kappa shape index (κ3) is 1.92. The lowest BCUT2D eigenvalue weighted by Gasteiger charge is -2.12. The third-order valence-corrected chi connectivity index (χ3v) is 2.76. The minimum absolute atomic E-state index is 0.0128. The molecule has 2 rings (SSSR count). The number of rotatable bonds is 3. The first kappa shape index (κ1) is 12.1. The van der Waals surface area contributed by atoms with Gasteiger partial charge < -0.3 is 10.5 Å². The molecule has 0 radical (unpaired) electrons. The van der Waals surface area contributed by atoms with Crippen molar-refractivity contribution in [3.05, 3.63) is 29.3 Å². The second-order valence-corrected chi connectivity index (χ2v) is 3.89. The van der Waals surface area contributed by atoms with Crippen molar-refractivity contribution in [2.45, 2.75) is 6.42 Å². The van der Waals surface area contributed by atoms with E-state index in [9.17, 15) is 14.4 Å². The molecule has 1 aromatic carbocycles. The molecule has 1 aliphatic rings. The number of anilines is 1. The number of benzene rings is 1. The van der Waals surface area contributed by atoms with Gasteiger partial charge in [0, 0.05) is 12.2 Å². The third-order valence-electron chi connectivity index (χ3n) is 2.76. The summed E-state index contributed by atoms with van der Waals surface area (Å²) in [5.41, 5.74) is 6.59. The number of esters is 1. The van der Waals surface area contributed by atoms with Crippen molar-refractivity contribution in [3.63, 3.8) is 0 Å². The Balaban J connectivity index is 2.21. The average molecular weight is 248 g/mol. The first-order valence-corrected chi connectivity index (χ1v) is 5.37. The van der Waals surface area contributed by atoms with E-state index in [0.29, 0.717) is 11.3 Å². The van der Waals surface area contributed by atoms with Crippen LogP contribution in [0.15, 0.2) is 18.2 Å². The van der Waals surface area contributed by atoms with Gasteiger partial charge in [-0.15, -0.1) is 0 Å². The fourth-order valence-electron chi connectivity index (χ4n) is 1.82. The minimum atomic E-state index is -0.467. The Labute approximate surface area is 103 Å². The number of nitrogens with two attached hydrogens (primary N) is 1. The highest BCUT2D eigenvalue weighted by molar-refractivity contribution is 6.21. The summed E-state index contributed by atoms with van der Waals surface area (Å²) in [5, 5.41) is 0. The minimum Gasteiger partial charge on any atom is -0.469 e. The quantitative estimate of drug-likeness (QED) is 0.476. The van der Waals surface area contributed by atoms with Crippen molar-refractivity contribution in [3.8, 4) is 0 Å². The Hall–Kier alpha value is -2.37. The van der Waals surface area contributed by atoms with E-state index in [2.05, 4.69) is 4.74 Å². The lowest BCUT2D eigenvalue weighted by Crippen LogP contribution is -2.32. The number of hydrogen-bond donors (Lipinski definition) is 1. The number of carbonyl (C=O) groups excluding carboxylic acids is 3. The van der Waals surface area contributed by atoms with E-state index < -0.39 is 17.8 Å². The van der Waals surface area contributed by atoms with Crippen molar-refractivity contribution >= 4 is 23.5 Å². The molecule has 18 heavy (non-hydrogen) atoms. The number of nitrogen functional groups attached to an aromatic ring is 1. The number of carbonyl (C=O) groups is 3. The van der Waals surface area contributed by atoms with Crippen LogP contribution in [0.1, 0.15) is 27.1 Å². The maximum atomic E-state index is 12.0. The Bertz CT molecular complexity index is 539. The van der Waals surface area contributed by atoms with Crippen LogP contribution >= 0.6 is 0 Å². The predicted octanol–water partition coefficient (Wildman–Crippen LogP) is 0.428. The topological polar surface area (TPSA) is 89.7 Å². The van der Waals surface area contributed by atoms with Gasteiger partial charge in [-0.3, -0.25) is 19.3 Å². The van der Waals surface area contributed by atoms with Crippen LogP contribution in [0.5, 0.6) is 0 Å². The molecule has 0 atom stereocenters. The van der Waals surface area contributed by atoms with Gasteiger partial charge in [0.05, 0.1) is 24.7 Å². The van der Waals surface area contributed by atoms with Gasteiger partial charge in [0.2, 0.25) is 0 Å². The van der Waals surface area contributed by atoms with Gasteiger partial charge in [-0.1, -0.05) is 0 Å². The summed E-state index contributed by atoms with van der Waals surface area (Å²) in [6.07, 6.45) is -0.0164. The van der Waals surface area contributed by atoms with Gasteiger partial charge in [-0.05, 0) is 18.2 Å². The summed E-state index contributed by atoms with van der Waals surface area (Å²) in [4.78, 5) is 35.9. The van der Waals surface area contributed by atoms with Crippen LogP contribution < -0.4 is 5.73 Å². The molecule has 1 aromatic rings. The molecule has 2 N–H and O–H groups in total. The van der Waals surface area contributed by atoms with Crippen LogP contribution in [0, 0.1) is 0 Å². The highest BCUT2D eigenvalue weighted by Crippen LogP contribution is 2.24. The van der Waals surface area contributed by atoms with Crippen LogP contribution in [0.25, 0.3) is 0 Å². The van der Waals surface area contributed by atoms with Crippen LogP contribution in [-0.4, -0.2) is 36.3 Å². The van der Waals surface area contributed by atoms with Gasteiger partial charge in [-0.2, -0.15) is 0 Å². The summed E-state index contributed by atoms with van der Waals surface area (Å²) >= 11 is 0. The van der Waals surface area contributed by atoms with Crippen molar-refractivity contribution in [1.82, 2.24) is 4.90 Å². The van der Waals surface area contributed by atoms with E-state index in [-0.39, 0.29) is 18.5 Å². The molecule has 0 saturated heterocycles. The lowest BCUT2D eigenvalue weighted by atomic mass is 10.1. The van der Waals surface area contributed by atoms with Gasteiger partial charge in [-0.25, -0.2) is 0 Å². The molecule has 94 valence electrons. The van der Waals surface area contributed by atoms with Crippen molar-refractivity contribution in [2.75, 3.05) is 19.4 Å². The first-order chi connectivity index (χ1) is 8.54. The normalized spacial score (nSPS) is 13.7. The zero-order valence-electron chi connectivity index (χ0n) is 9.80. The molecule has 6 heteroatoms. The van der Waals surface area contributed by atoms with E-state index >= 15 is 0 Å². The van der Waals surface area contributed by atoms with Crippen LogP contribution in [-0.2, 0) is 9.53 Å². The fourth-order valence-corrected chi connectivity index (χ4v) is 1.82. The van der Waals surface area contributed by atoms with Gasteiger partial charge >= 0.3 is 5.97 Å². The number of amides is 2. The molecule has 0 unspecified atom stereocenters. The Morgan fingerprint density at radius 3 is 2.61 bits per heavy atom. The number of imide groups is 1. The molecule has 0 spiro atoms. The summed E-state index contributed by atoms with van der Waals surface area (Å²) in [6, 6.07) is 4.55. The number of nitrogens with zero attached hydrogens (tertiary/aromatic N) is 1. The predicted molar refractivity (Wildman–Crippen MR) is 62.9 cm³/mol. The molecular weight excluding hydrogens is 236 g/mol. The van der Waals surface area contributed by atoms with E-state index in [0.717, 1.165) is 4.90 Å². The molecule has 0 aromatic heterocycles. The van der Waals surface area contributed by atoms with Crippen LogP contribution in [0.3, 0.4) is 0 Å². The number of hydrogen-bond acceptors (Lipinski definition) is 5. The number of methoxy groups -OCH3 is 1. The fraction of sp³-hybridized carbons (Fsp3) is 0.250. The van der Waals surface area contributed by atoms with E-state index in [1.807, 2.05) is 0 Å². The maximum Gasteiger partial charge on any atom is 0.307 e. The second-order valence-electron chi connectivity index (χ2n) is 3.89. The summed E-state index contributed by atoms with van der Waals surface area (Å²) in [5.74, 6) is -1.30. The highest BCUT2D eigenvalue weighted by atomic mass is 16.5. The summed E-state index contributed by atoms with van der Waals surface area (Å²) in [6.45, 7) is 0.0128. The maximum absolute atomic E-state index is 12.0. The standard InChI is InChI=1S/C12H12N2O4/c1-18-10(15)4-5-14-11(16)8-3-2-7(13)6-9(8)12(14)17/h2-3,6H,4-5,13H2,1H3. The largest absolute Gasteiger partial charge is 0.469 e. The molecule has 0 saturated carbocycles. The van der Waals surface area contributed by atoms with Crippen molar-refractivity contribution in [2.24, 2.45) is 0 Å². The summed E-state index contributed by atoms with van der Waals surface area (Å²) in [7, 11) is 1.26. The summed E-state index contributed by atoms with van der Waals surface area (Å²) < 4.78 is 4.47. The molecular formula is C12H12N2O4. The lowest BCUT2D eigenvalue weighted by molar-refractivity contribution is -0.140. The molecule has 1 aliphatic heterocycles. The van der Waals surface area contributed by atoms with Crippen molar-refractivity contribution in [1.29, 1.82) is 0 Å². The smallest absolute Gasteiger partial charge is 0.307 e. The van der Waals surface area contributed by atoms with Crippen LogP contribution in [0.4, 0.5) is 5.69 Å². The van der Waals surface area contributed by atoms with Gasteiger partial charge in [0.15, 0.2) is 0 Å². The number of ether oxygens (including phenoxy) is 1. The number of fused-ring (bicyclic) bond motifs is 1. The molecule has 1 heterocycles. The van der Waals surface area contributed by atoms with Gasteiger partial charge in [0.1, 0.15) is 0 Å². The highest BCUT2D eigenvalue weighted by Gasteiger charge is 2.35. The van der Waals surface area contributed by atoms with E-state index in [1.165, 1.54) is 19.2 Å². The van der Waals surface area contributed by atoms with Crippen LogP contribution in [0.2, 0.25) is 0 Å². The Morgan fingerprint density at radius 1 is 1.28 bits per heavy atom. The zero-order valence-corrected chi connectivity index (χ0v) is 9.80. The molecule has 6 nitrogen and oxygen atoms in total. The molecule has 0 aliphatic carbocycles. The first-order valence-electron chi connectivity index (χ1n) is 5.37. The van der Waals surface area contributed by atoms with Gasteiger partial charge in [0.25, 0.3) is 11.8 Å². The van der Waals surface area contributed by atoms with E-state index in [4.69, 9.17) is 5.73 Å². The monoisotopic (exact) mass is 248 g/mol. The molecule has 0 bridgehead atoms. The average Bonchev–Trinajstić information content (AvgIpc) is 2.59. The second kappa shape index (κ2) is 4.48. The molecule has 2 amide bonds. The zero-order chi connectivity index (χ0) is 13.3. The van der Waals surface area contributed by atoms with E-state index in [1.54, 1.807) is 6.07 Å². The Kier molecular flexibility index (Phi) is 3.01. The van der Waals surface area contributed by atoms with Crippen molar-refractivity contribution < 1.29 is 19.1 Å². The molecule has 0 fully saturated rings.